The van der Waals surface area contributed by atoms with E-state index >= 15 is 0 Å². The highest BCUT2D eigenvalue weighted by Crippen LogP contribution is 2.21. The molecule has 21 heavy (non-hydrogen) atoms. The summed E-state index contributed by atoms with van der Waals surface area (Å²) in [5.41, 5.74) is 1.13. The van der Waals surface area contributed by atoms with E-state index in [-0.39, 0.29) is 0 Å². The van der Waals surface area contributed by atoms with Crippen LogP contribution >= 0.6 is 0 Å². The van der Waals surface area contributed by atoms with E-state index in [4.69, 9.17) is 5.26 Å². The lowest BCUT2D eigenvalue weighted by Crippen LogP contribution is -2.48. The summed E-state index contributed by atoms with van der Waals surface area (Å²) in [6.07, 6.45) is 0. The largest absolute Gasteiger partial charge is 0.288 e. The minimum Gasteiger partial charge on any atom is -0.288 e. The van der Waals surface area contributed by atoms with Crippen LogP contribution in [0.1, 0.15) is 25.3 Å². The van der Waals surface area contributed by atoms with Gasteiger partial charge in [-0.1, -0.05) is 26.0 Å². The molecule has 6 heteroatoms. The molecule has 1 saturated heterocycles. The van der Waals surface area contributed by atoms with Crippen molar-refractivity contribution in [3.63, 3.8) is 0 Å². The first kappa shape index (κ1) is 16.0. The van der Waals surface area contributed by atoms with Crippen LogP contribution in [0.25, 0.3) is 0 Å². The molecule has 0 atom stereocenters. The van der Waals surface area contributed by atoms with Crippen LogP contribution in [0.3, 0.4) is 0 Å². The third-order valence-electron chi connectivity index (χ3n) is 3.81. The molecule has 0 spiro atoms. The molecule has 0 unspecified atom stereocenters. The number of sulfonamides is 1. The van der Waals surface area contributed by atoms with Crippen molar-refractivity contribution in [3.8, 4) is 6.07 Å². The third kappa shape index (κ3) is 3.62. The minimum atomic E-state index is -3.42. The maximum Gasteiger partial charge on any atom is 0.243 e. The van der Waals surface area contributed by atoms with Crippen LogP contribution in [0.5, 0.6) is 0 Å². The maximum atomic E-state index is 12.6. The predicted molar refractivity (Wildman–Crippen MR) is 81.3 cm³/mol. The van der Waals surface area contributed by atoms with Crippen LogP contribution in [0.4, 0.5) is 0 Å². The summed E-state index contributed by atoms with van der Waals surface area (Å²) >= 11 is 0. The first-order valence-corrected chi connectivity index (χ1v) is 8.58. The molecule has 2 rings (SSSR count). The Balaban J connectivity index is 2.10. The number of benzene rings is 1. The Morgan fingerprint density at radius 2 is 1.71 bits per heavy atom. The topological polar surface area (TPSA) is 64.4 Å². The summed E-state index contributed by atoms with van der Waals surface area (Å²) in [6, 6.07) is 9.23. The first-order valence-electron chi connectivity index (χ1n) is 7.14. The Labute approximate surface area is 126 Å². The van der Waals surface area contributed by atoms with Gasteiger partial charge in [-0.3, -0.25) is 4.90 Å². The molecule has 0 amide bonds. The Bertz CT molecular complexity index is 609. The van der Waals surface area contributed by atoms with Crippen molar-refractivity contribution in [1.29, 1.82) is 5.26 Å². The van der Waals surface area contributed by atoms with Gasteiger partial charge in [0.15, 0.2) is 0 Å². The highest BCUT2D eigenvalue weighted by Gasteiger charge is 2.28. The molecule has 1 fully saturated rings. The molecular formula is C15H21N3O2S. The van der Waals surface area contributed by atoms with Gasteiger partial charge in [0.05, 0.1) is 17.5 Å². The summed E-state index contributed by atoms with van der Waals surface area (Å²) in [6.45, 7) is 6.62. The fourth-order valence-electron chi connectivity index (χ4n) is 2.40. The van der Waals surface area contributed by atoms with Crippen molar-refractivity contribution >= 4 is 10.0 Å². The molecule has 114 valence electrons. The second kappa shape index (κ2) is 6.56. The molecule has 0 saturated carbocycles. The van der Waals surface area contributed by atoms with Crippen molar-refractivity contribution in [2.75, 3.05) is 32.7 Å². The van der Waals surface area contributed by atoms with Crippen molar-refractivity contribution in [2.45, 2.75) is 24.7 Å². The van der Waals surface area contributed by atoms with E-state index in [0.29, 0.717) is 43.5 Å². The van der Waals surface area contributed by atoms with E-state index in [9.17, 15) is 8.42 Å². The fraction of sp³-hybridized carbons (Fsp3) is 0.533. The van der Waals surface area contributed by atoms with Crippen molar-refractivity contribution < 1.29 is 8.42 Å². The Kier molecular flexibility index (Phi) is 4.99. The number of nitriles is 1. The van der Waals surface area contributed by atoms with Gasteiger partial charge in [-0.15, -0.1) is 0 Å². The molecular weight excluding hydrogens is 286 g/mol. The zero-order valence-electron chi connectivity index (χ0n) is 12.5. The van der Waals surface area contributed by atoms with Crippen LogP contribution in [-0.4, -0.2) is 50.3 Å². The van der Waals surface area contributed by atoms with Gasteiger partial charge >= 0.3 is 0 Å². The lowest BCUT2D eigenvalue weighted by Gasteiger charge is -2.32. The molecule has 1 aromatic rings. The number of piperazine rings is 1. The molecule has 0 N–H and O–H groups in total. The second-order valence-corrected chi connectivity index (χ2v) is 7.50. The molecule has 0 radical (unpaired) electrons. The van der Waals surface area contributed by atoms with Crippen LogP contribution < -0.4 is 0 Å². The van der Waals surface area contributed by atoms with Crippen molar-refractivity contribution in [2.24, 2.45) is 0 Å². The summed E-state index contributed by atoms with van der Waals surface area (Å²) in [5, 5.41) is 8.67. The normalized spacial score (nSPS) is 17.8. The summed E-state index contributed by atoms with van der Waals surface area (Å²) in [7, 11) is -3.42. The first-order chi connectivity index (χ1) is 9.95. The number of hydrogen-bond donors (Lipinski definition) is 0. The lowest BCUT2D eigenvalue weighted by molar-refractivity contribution is 0.206. The molecule has 1 aromatic carbocycles. The fourth-order valence-corrected chi connectivity index (χ4v) is 3.82. The third-order valence-corrected chi connectivity index (χ3v) is 5.72. The lowest BCUT2D eigenvalue weighted by atomic mass is 10.0. The van der Waals surface area contributed by atoms with Crippen LogP contribution in [-0.2, 0) is 10.0 Å². The van der Waals surface area contributed by atoms with E-state index < -0.39 is 10.0 Å². The van der Waals surface area contributed by atoms with Gasteiger partial charge in [0.25, 0.3) is 0 Å². The van der Waals surface area contributed by atoms with Crippen LogP contribution in [0.2, 0.25) is 0 Å². The predicted octanol–water partition coefficient (Wildman–Crippen LogP) is 1.64. The quantitative estimate of drug-likeness (QED) is 0.793. The summed E-state index contributed by atoms with van der Waals surface area (Å²) < 4.78 is 26.7. The SMILES string of the molecule is CC(C)c1ccc(S(=O)(=O)N2CCN(CC#N)CC2)cc1. The van der Waals surface area contributed by atoms with Gasteiger partial charge in [0, 0.05) is 26.2 Å². The van der Waals surface area contributed by atoms with Crippen molar-refractivity contribution in [1.82, 2.24) is 9.21 Å². The van der Waals surface area contributed by atoms with Gasteiger partial charge in [-0.05, 0) is 23.6 Å². The highest BCUT2D eigenvalue weighted by molar-refractivity contribution is 7.89. The minimum absolute atomic E-state index is 0.348. The zero-order chi connectivity index (χ0) is 15.5. The van der Waals surface area contributed by atoms with E-state index in [2.05, 4.69) is 19.9 Å². The summed E-state index contributed by atoms with van der Waals surface area (Å²) in [5.74, 6) is 0.385. The van der Waals surface area contributed by atoms with E-state index in [1.165, 1.54) is 4.31 Å². The molecule has 0 aliphatic carbocycles. The summed E-state index contributed by atoms with van der Waals surface area (Å²) in [4.78, 5) is 2.31. The van der Waals surface area contributed by atoms with Gasteiger partial charge in [0.1, 0.15) is 0 Å². The Morgan fingerprint density at radius 1 is 1.14 bits per heavy atom. The Hall–Kier alpha value is -1.42. The van der Waals surface area contributed by atoms with Crippen LogP contribution in [0.15, 0.2) is 29.2 Å². The van der Waals surface area contributed by atoms with Gasteiger partial charge in [-0.25, -0.2) is 8.42 Å². The van der Waals surface area contributed by atoms with E-state index in [1.807, 2.05) is 17.0 Å². The average Bonchev–Trinajstić information content (AvgIpc) is 2.48. The molecule has 1 aliphatic rings. The van der Waals surface area contributed by atoms with E-state index in [0.717, 1.165) is 5.56 Å². The molecule has 0 bridgehead atoms. The van der Waals surface area contributed by atoms with Crippen molar-refractivity contribution in [3.05, 3.63) is 29.8 Å². The number of rotatable bonds is 4. The monoisotopic (exact) mass is 307 g/mol. The number of nitrogens with zero attached hydrogens (tertiary/aromatic N) is 3. The molecule has 0 aromatic heterocycles. The molecule has 5 nitrogen and oxygen atoms in total. The average molecular weight is 307 g/mol. The standard InChI is InChI=1S/C15H21N3O2S/c1-13(2)14-3-5-15(6-4-14)21(19,20)18-11-9-17(8-7-16)10-12-18/h3-6,13H,8-12H2,1-2H3. The van der Waals surface area contributed by atoms with Gasteiger partial charge < -0.3 is 0 Å². The zero-order valence-corrected chi connectivity index (χ0v) is 13.3. The van der Waals surface area contributed by atoms with Crippen LogP contribution in [0, 0.1) is 11.3 Å². The Morgan fingerprint density at radius 3 is 2.19 bits per heavy atom. The second-order valence-electron chi connectivity index (χ2n) is 5.56. The molecule has 1 aliphatic heterocycles. The number of hydrogen-bond acceptors (Lipinski definition) is 4. The maximum absolute atomic E-state index is 12.6. The van der Waals surface area contributed by atoms with Gasteiger partial charge in [0.2, 0.25) is 10.0 Å². The van der Waals surface area contributed by atoms with E-state index in [1.54, 1.807) is 12.1 Å². The highest BCUT2D eigenvalue weighted by atomic mass is 32.2. The smallest absolute Gasteiger partial charge is 0.243 e. The molecule has 1 heterocycles. The van der Waals surface area contributed by atoms with Gasteiger partial charge in [-0.2, -0.15) is 9.57 Å².